The number of carbonyl (C=O) groups excluding carboxylic acids is 1. The van der Waals surface area contributed by atoms with E-state index < -0.39 is 11.4 Å². The predicted octanol–water partition coefficient (Wildman–Crippen LogP) is 2.64. The number of likely N-dealkylation sites (tertiary alicyclic amines) is 1. The number of methoxy groups -OCH3 is 1. The van der Waals surface area contributed by atoms with Crippen LogP contribution in [0.15, 0.2) is 22.7 Å². The van der Waals surface area contributed by atoms with Gasteiger partial charge in [0.25, 0.3) is 0 Å². The first-order valence-electron chi connectivity index (χ1n) is 7.63. The molecule has 6 heteroatoms. The normalized spacial score (nSPS) is 20.7. The van der Waals surface area contributed by atoms with Crippen molar-refractivity contribution in [2.75, 3.05) is 26.8 Å². The van der Waals surface area contributed by atoms with E-state index in [-0.39, 0.29) is 19.1 Å². The van der Waals surface area contributed by atoms with Crippen LogP contribution in [0.1, 0.15) is 24.0 Å². The van der Waals surface area contributed by atoms with Crippen molar-refractivity contribution in [1.29, 1.82) is 0 Å². The summed E-state index contributed by atoms with van der Waals surface area (Å²) in [6.07, 6.45) is 1.50. The highest BCUT2D eigenvalue weighted by Gasteiger charge is 2.46. The fourth-order valence-electron chi connectivity index (χ4n) is 2.99. The summed E-state index contributed by atoms with van der Waals surface area (Å²) in [6, 6.07) is 6.05. The molecule has 0 bridgehead atoms. The van der Waals surface area contributed by atoms with Crippen molar-refractivity contribution in [3.8, 4) is 0 Å². The van der Waals surface area contributed by atoms with Gasteiger partial charge in [-0.1, -0.05) is 28.1 Å². The Hall–Kier alpha value is -1.40. The van der Waals surface area contributed by atoms with E-state index >= 15 is 0 Å². The third-order valence-electron chi connectivity index (χ3n) is 4.43. The molecule has 1 aromatic carbocycles. The van der Waals surface area contributed by atoms with Crippen LogP contribution in [0.5, 0.6) is 0 Å². The molecule has 1 aliphatic heterocycles. The summed E-state index contributed by atoms with van der Waals surface area (Å²) in [5.41, 5.74) is 1.29. The van der Waals surface area contributed by atoms with E-state index in [0.717, 1.165) is 15.6 Å². The van der Waals surface area contributed by atoms with Crippen LogP contribution in [-0.4, -0.2) is 48.7 Å². The molecule has 126 valence electrons. The molecule has 1 fully saturated rings. The Balaban J connectivity index is 1.94. The van der Waals surface area contributed by atoms with Crippen molar-refractivity contribution in [1.82, 2.24) is 4.90 Å². The average Bonchev–Trinajstić information content (AvgIpc) is 2.94. The molecule has 1 aliphatic rings. The van der Waals surface area contributed by atoms with E-state index in [1.807, 2.05) is 19.1 Å². The van der Waals surface area contributed by atoms with Gasteiger partial charge in [-0.25, -0.2) is 0 Å². The maximum Gasteiger partial charge on any atom is 0.313 e. The van der Waals surface area contributed by atoms with Crippen LogP contribution >= 0.6 is 15.9 Å². The molecule has 23 heavy (non-hydrogen) atoms. The number of rotatable bonds is 6. The molecule has 1 saturated heterocycles. The average molecular weight is 384 g/mol. The molecular formula is C17H22BrNO4. The summed E-state index contributed by atoms with van der Waals surface area (Å²) in [4.78, 5) is 25.5. The summed E-state index contributed by atoms with van der Waals surface area (Å²) in [5, 5.41) is 9.44. The highest BCUT2D eigenvalue weighted by Crippen LogP contribution is 2.31. The van der Waals surface area contributed by atoms with Crippen LogP contribution in [0.4, 0.5) is 0 Å². The zero-order valence-corrected chi connectivity index (χ0v) is 15.1. The first-order valence-corrected chi connectivity index (χ1v) is 8.42. The van der Waals surface area contributed by atoms with Crippen molar-refractivity contribution in [2.24, 2.45) is 5.41 Å². The number of nitrogens with zero attached hydrogens (tertiary/aromatic N) is 1. The zero-order chi connectivity index (χ0) is 17.0. The van der Waals surface area contributed by atoms with Gasteiger partial charge >= 0.3 is 5.97 Å². The minimum Gasteiger partial charge on any atom is -0.481 e. The molecule has 0 radical (unpaired) electrons. The largest absolute Gasteiger partial charge is 0.481 e. The minimum absolute atomic E-state index is 0.00444. The fourth-order valence-corrected chi connectivity index (χ4v) is 3.23. The van der Waals surface area contributed by atoms with E-state index in [2.05, 4.69) is 22.0 Å². The highest BCUT2D eigenvalue weighted by atomic mass is 79.9. The number of ether oxygens (including phenoxy) is 1. The quantitative estimate of drug-likeness (QED) is 0.819. The van der Waals surface area contributed by atoms with E-state index in [1.54, 1.807) is 4.90 Å². The van der Waals surface area contributed by atoms with Crippen molar-refractivity contribution in [3.05, 3.63) is 33.8 Å². The van der Waals surface area contributed by atoms with Gasteiger partial charge in [-0.15, -0.1) is 0 Å². The van der Waals surface area contributed by atoms with Gasteiger partial charge in [-0.2, -0.15) is 0 Å². The van der Waals surface area contributed by atoms with E-state index in [9.17, 15) is 14.7 Å². The molecule has 0 spiro atoms. The summed E-state index contributed by atoms with van der Waals surface area (Å²) in [7, 11) is 1.49. The SMILES string of the molecule is COCC1(C(=O)O)CCN(C(=O)CCc2ccc(Br)c(C)c2)C1. The molecule has 1 N–H and O–H groups in total. The van der Waals surface area contributed by atoms with Gasteiger partial charge in [-0.3, -0.25) is 9.59 Å². The Bertz CT molecular complexity index is 604. The van der Waals surface area contributed by atoms with Gasteiger partial charge in [-0.05, 0) is 37.0 Å². The number of carboxylic acid groups (broad SMARTS) is 1. The maximum absolute atomic E-state index is 12.4. The Labute approximate surface area is 144 Å². The van der Waals surface area contributed by atoms with Gasteiger partial charge in [0.2, 0.25) is 5.91 Å². The lowest BCUT2D eigenvalue weighted by molar-refractivity contribution is -0.151. The van der Waals surface area contributed by atoms with Crippen LogP contribution in [0.3, 0.4) is 0 Å². The maximum atomic E-state index is 12.4. The molecular weight excluding hydrogens is 362 g/mol. The molecule has 1 unspecified atom stereocenters. The molecule has 2 rings (SSSR count). The third-order valence-corrected chi connectivity index (χ3v) is 5.32. The number of carboxylic acids is 1. The summed E-state index contributed by atoms with van der Waals surface area (Å²) < 4.78 is 6.10. The summed E-state index contributed by atoms with van der Waals surface area (Å²) >= 11 is 3.46. The fraction of sp³-hybridized carbons (Fsp3) is 0.529. The van der Waals surface area contributed by atoms with Crippen molar-refractivity contribution in [2.45, 2.75) is 26.2 Å². The summed E-state index contributed by atoms with van der Waals surface area (Å²) in [5.74, 6) is -0.886. The van der Waals surface area contributed by atoms with Crippen LogP contribution < -0.4 is 0 Å². The van der Waals surface area contributed by atoms with Crippen LogP contribution in [0, 0.1) is 12.3 Å². The molecule has 1 heterocycles. The number of hydrogen-bond donors (Lipinski definition) is 1. The number of carbonyl (C=O) groups is 2. The molecule has 0 saturated carbocycles. The van der Waals surface area contributed by atoms with Gasteiger partial charge in [0.15, 0.2) is 0 Å². The Morgan fingerprint density at radius 2 is 2.17 bits per heavy atom. The smallest absolute Gasteiger partial charge is 0.313 e. The molecule has 1 atom stereocenters. The second kappa shape index (κ2) is 7.45. The number of hydrogen-bond acceptors (Lipinski definition) is 3. The zero-order valence-electron chi connectivity index (χ0n) is 13.5. The van der Waals surface area contributed by atoms with Crippen LogP contribution in [-0.2, 0) is 20.7 Å². The van der Waals surface area contributed by atoms with Gasteiger partial charge in [0.05, 0.1) is 6.61 Å². The number of halogens is 1. The Morgan fingerprint density at radius 1 is 1.43 bits per heavy atom. The lowest BCUT2D eigenvalue weighted by atomic mass is 9.88. The summed E-state index contributed by atoms with van der Waals surface area (Å²) in [6.45, 7) is 2.86. The van der Waals surface area contributed by atoms with Crippen molar-refractivity contribution < 1.29 is 19.4 Å². The van der Waals surface area contributed by atoms with Crippen molar-refractivity contribution in [3.63, 3.8) is 0 Å². The highest BCUT2D eigenvalue weighted by molar-refractivity contribution is 9.10. The first-order chi connectivity index (χ1) is 10.9. The van der Waals surface area contributed by atoms with E-state index in [1.165, 1.54) is 7.11 Å². The van der Waals surface area contributed by atoms with E-state index in [0.29, 0.717) is 25.8 Å². The Morgan fingerprint density at radius 3 is 2.78 bits per heavy atom. The van der Waals surface area contributed by atoms with Gasteiger partial charge < -0.3 is 14.7 Å². The van der Waals surface area contributed by atoms with Crippen LogP contribution in [0.25, 0.3) is 0 Å². The van der Waals surface area contributed by atoms with Crippen LogP contribution in [0.2, 0.25) is 0 Å². The van der Waals surface area contributed by atoms with Gasteiger partial charge in [0.1, 0.15) is 5.41 Å². The molecule has 1 aromatic rings. The predicted molar refractivity (Wildman–Crippen MR) is 90.3 cm³/mol. The Kier molecular flexibility index (Phi) is 5.81. The third kappa shape index (κ3) is 4.12. The number of benzene rings is 1. The molecule has 0 aliphatic carbocycles. The molecule has 0 aromatic heterocycles. The van der Waals surface area contributed by atoms with Gasteiger partial charge in [0, 0.05) is 31.1 Å². The van der Waals surface area contributed by atoms with Crippen molar-refractivity contribution >= 4 is 27.8 Å². The number of aryl methyl sites for hydroxylation is 2. The first kappa shape index (κ1) is 17.9. The second-order valence-corrected chi connectivity index (χ2v) is 7.02. The lowest BCUT2D eigenvalue weighted by Gasteiger charge is -2.23. The topological polar surface area (TPSA) is 66.8 Å². The minimum atomic E-state index is -0.960. The number of amides is 1. The molecule has 1 amide bonds. The van der Waals surface area contributed by atoms with E-state index in [4.69, 9.17) is 4.74 Å². The second-order valence-electron chi connectivity index (χ2n) is 6.17. The lowest BCUT2D eigenvalue weighted by Crippen LogP contribution is -2.40. The standard InChI is InChI=1S/C17H22BrNO4/c1-12-9-13(3-5-14(12)18)4-6-15(20)19-8-7-17(10-19,11-23-2)16(21)22/h3,5,9H,4,6-8,10-11H2,1-2H3,(H,21,22). The number of aliphatic carboxylic acids is 1. The monoisotopic (exact) mass is 383 g/mol. The molecule has 5 nitrogen and oxygen atoms in total.